The number of hydrogen-bond donors (Lipinski definition) is 2. The molecule has 8 heteroatoms. The van der Waals surface area contributed by atoms with Gasteiger partial charge in [0.15, 0.2) is 0 Å². The third-order valence-electron chi connectivity index (χ3n) is 3.33. The van der Waals surface area contributed by atoms with Crippen LogP contribution in [0.25, 0.3) is 10.1 Å². The van der Waals surface area contributed by atoms with E-state index in [1.807, 2.05) is 6.07 Å². The van der Waals surface area contributed by atoms with Crippen molar-refractivity contribution < 1.29 is 18.7 Å². The summed E-state index contributed by atoms with van der Waals surface area (Å²) in [5.41, 5.74) is 0.607. The van der Waals surface area contributed by atoms with Gasteiger partial charge in [-0.2, -0.15) is 0 Å². The van der Waals surface area contributed by atoms with Gasteiger partial charge in [-0.25, -0.2) is 4.39 Å². The third-order valence-corrected chi connectivity index (χ3v) is 4.52. The minimum Gasteiger partial charge on any atom is -0.383 e. The fourth-order valence-corrected chi connectivity index (χ4v) is 3.42. The van der Waals surface area contributed by atoms with Crippen LogP contribution in [0.15, 0.2) is 18.2 Å². The van der Waals surface area contributed by atoms with Crippen molar-refractivity contribution in [2.24, 2.45) is 0 Å². The molecule has 0 aliphatic heterocycles. The normalized spacial score (nSPS) is 10.6. The number of benzene rings is 1. The molecule has 0 saturated carbocycles. The molecule has 134 valence electrons. The molecule has 0 bridgehead atoms. The number of halogens is 2. The minimum atomic E-state index is -0.328. The Morgan fingerprint density at radius 1 is 1.21 bits per heavy atom. The van der Waals surface area contributed by atoms with Crippen LogP contribution in [0.5, 0.6) is 0 Å². The van der Waals surface area contributed by atoms with E-state index in [2.05, 4.69) is 10.6 Å². The average molecular weight is 377 g/mol. The quantitative estimate of drug-likeness (QED) is 0.660. The first kappa shape index (κ1) is 20.8. The summed E-state index contributed by atoms with van der Waals surface area (Å²) < 4.78 is 24.9. The number of methoxy groups -OCH3 is 2. The molecule has 1 aromatic heterocycles. The summed E-state index contributed by atoms with van der Waals surface area (Å²) in [6.07, 6.45) is 0. The SMILES string of the molecule is COCCNCCNC(=O)c1sc2cccc(F)c2c1COC.Cl. The van der Waals surface area contributed by atoms with E-state index in [9.17, 15) is 9.18 Å². The van der Waals surface area contributed by atoms with Crippen LogP contribution >= 0.6 is 23.7 Å². The van der Waals surface area contributed by atoms with Crippen LogP contribution in [-0.2, 0) is 16.1 Å². The molecule has 2 aromatic rings. The second kappa shape index (κ2) is 10.6. The number of carbonyl (C=O) groups is 1. The Morgan fingerprint density at radius 2 is 2.00 bits per heavy atom. The molecule has 0 aliphatic rings. The zero-order chi connectivity index (χ0) is 16.7. The molecule has 0 fully saturated rings. The van der Waals surface area contributed by atoms with Gasteiger partial charge in [0.05, 0.1) is 18.1 Å². The summed E-state index contributed by atoms with van der Waals surface area (Å²) in [7, 11) is 3.17. The molecule has 0 atom stereocenters. The Labute approximate surface area is 150 Å². The predicted molar refractivity (Wildman–Crippen MR) is 96.8 cm³/mol. The summed E-state index contributed by atoms with van der Waals surface area (Å²) in [4.78, 5) is 12.9. The first-order valence-corrected chi connectivity index (χ1v) is 8.17. The largest absolute Gasteiger partial charge is 0.383 e. The number of amides is 1. The van der Waals surface area contributed by atoms with Crippen molar-refractivity contribution in [1.82, 2.24) is 10.6 Å². The monoisotopic (exact) mass is 376 g/mol. The number of rotatable bonds is 9. The van der Waals surface area contributed by atoms with Crippen LogP contribution in [0.2, 0.25) is 0 Å². The molecule has 1 aromatic carbocycles. The molecule has 0 spiro atoms. The standard InChI is InChI=1S/C16H21FN2O3S.ClH/c1-21-9-8-18-6-7-19-16(20)15-11(10-22-2)14-12(17)4-3-5-13(14)23-15;/h3-5,18H,6-10H2,1-2H3,(H,19,20);1H. The molecule has 2 N–H and O–H groups in total. The molecule has 24 heavy (non-hydrogen) atoms. The van der Waals surface area contributed by atoms with Gasteiger partial charge < -0.3 is 20.1 Å². The van der Waals surface area contributed by atoms with Crippen molar-refractivity contribution >= 4 is 39.7 Å². The molecule has 0 unspecified atom stereocenters. The fraction of sp³-hybridized carbons (Fsp3) is 0.438. The minimum absolute atomic E-state index is 0. The van der Waals surface area contributed by atoms with Gasteiger partial charge in [-0.1, -0.05) is 6.07 Å². The molecule has 2 rings (SSSR count). The highest BCUT2D eigenvalue weighted by atomic mass is 35.5. The highest BCUT2D eigenvalue weighted by Crippen LogP contribution is 2.33. The van der Waals surface area contributed by atoms with E-state index in [0.717, 1.165) is 11.2 Å². The van der Waals surface area contributed by atoms with E-state index >= 15 is 0 Å². The van der Waals surface area contributed by atoms with Crippen molar-refractivity contribution in [3.05, 3.63) is 34.5 Å². The first-order chi connectivity index (χ1) is 11.2. The van der Waals surface area contributed by atoms with Crippen molar-refractivity contribution in [3.63, 3.8) is 0 Å². The maximum atomic E-state index is 14.1. The van der Waals surface area contributed by atoms with Crippen molar-refractivity contribution in [1.29, 1.82) is 0 Å². The fourth-order valence-electron chi connectivity index (χ4n) is 2.28. The van der Waals surface area contributed by atoms with E-state index in [-0.39, 0.29) is 30.7 Å². The Balaban J connectivity index is 0.00000288. The van der Waals surface area contributed by atoms with E-state index in [1.54, 1.807) is 13.2 Å². The highest BCUT2D eigenvalue weighted by molar-refractivity contribution is 7.21. The number of ether oxygens (including phenoxy) is 2. The van der Waals surface area contributed by atoms with E-state index in [4.69, 9.17) is 9.47 Å². The zero-order valence-corrected chi connectivity index (χ0v) is 15.3. The lowest BCUT2D eigenvalue weighted by molar-refractivity contribution is 0.0953. The smallest absolute Gasteiger partial charge is 0.261 e. The van der Waals surface area contributed by atoms with Crippen LogP contribution in [0.4, 0.5) is 4.39 Å². The molecule has 1 heterocycles. The number of thiophene rings is 1. The van der Waals surface area contributed by atoms with Crippen LogP contribution in [0, 0.1) is 5.82 Å². The molecular formula is C16H22ClFN2O3S. The van der Waals surface area contributed by atoms with Gasteiger partial charge in [-0.05, 0) is 12.1 Å². The van der Waals surface area contributed by atoms with E-state index in [0.29, 0.717) is 35.5 Å². The molecule has 0 radical (unpaired) electrons. The number of hydrogen-bond acceptors (Lipinski definition) is 5. The summed E-state index contributed by atoms with van der Waals surface area (Å²) in [5, 5.41) is 6.47. The molecule has 1 amide bonds. The van der Waals surface area contributed by atoms with Crippen molar-refractivity contribution in [2.45, 2.75) is 6.61 Å². The van der Waals surface area contributed by atoms with E-state index in [1.165, 1.54) is 24.5 Å². The van der Waals surface area contributed by atoms with E-state index < -0.39 is 0 Å². The van der Waals surface area contributed by atoms with Gasteiger partial charge in [0.25, 0.3) is 5.91 Å². The molecule has 0 saturated heterocycles. The second-order valence-corrected chi connectivity index (χ2v) is 6.01. The van der Waals surface area contributed by atoms with Gasteiger partial charge in [-0.15, -0.1) is 23.7 Å². The summed E-state index contributed by atoms with van der Waals surface area (Å²) in [6.45, 7) is 2.70. The lowest BCUT2D eigenvalue weighted by Crippen LogP contribution is -2.33. The summed E-state index contributed by atoms with van der Waals surface area (Å²) >= 11 is 1.29. The maximum Gasteiger partial charge on any atom is 0.261 e. The topological polar surface area (TPSA) is 59.6 Å². The molecule has 5 nitrogen and oxygen atoms in total. The number of fused-ring (bicyclic) bond motifs is 1. The van der Waals surface area contributed by atoms with Gasteiger partial charge in [-0.3, -0.25) is 4.79 Å². The lowest BCUT2D eigenvalue weighted by Gasteiger charge is -2.07. The predicted octanol–water partition coefficient (Wildman–Crippen LogP) is 2.57. The maximum absolute atomic E-state index is 14.1. The van der Waals surface area contributed by atoms with Crippen LogP contribution < -0.4 is 10.6 Å². The zero-order valence-electron chi connectivity index (χ0n) is 13.7. The molecule has 0 aliphatic carbocycles. The van der Waals surface area contributed by atoms with Gasteiger partial charge in [0.2, 0.25) is 0 Å². The van der Waals surface area contributed by atoms with Gasteiger partial charge >= 0.3 is 0 Å². The summed E-state index contributed by atoms with van der Waals surface area (Å²) in [5.74, 6) is -0.530. The molecular weight excluding hydrogens is 355 g/mol. The summed E-state index contributed by atoms with van der Waals surface area (Å²) in [6, 6.07) is 4.85. The van der Waals surface area contributed by atoms with Crippen molar-refractivity contribution in [3.8, 4) is 0 Å². The van der Waals surface area contributed by atoms with Gasteiger partial charge in [0, 0.05) is 49.5 Å². The second-order valence-electron chi connectivity index (χ2n) is 4.95. The Hall–Kier alpha value is -1.25. The van der Waals surface area contributed by atoms with Gasteiger partial charge in [0.1, 0.15) is 5.82 Å². The Kier molecular flexibility index (Phi) is 9.17. The Morgan fingerprint density at radius 3 is 2.71 bits per heavy atom. The van der Waals surface area contributed by atoms with Crippen LogP contribution in [0.3, 0.4) is 0 Å². The van der Waals surface area contributed by atoms with Crippen LogP contribution in [-0.4, -0.2) is 46.4 Å². The van der Waals surface area contributed by atoms with Crippen LogP contribution in [0.1, 0.15) is 15.2 Å². The Bertz CT molecular complexity index is 666. The first-order valence-electron chi connectivity index (χ1n) is 7.35. The average Bonchev–Trinajstić information content (AvgIpc) is 2.91. The highest BCUT2D eigenvalue weighted by Gasteiger charge is 2.20. The number of carbonyl (C=O) groups excluding carboxylic acids is 1. The third kappa shape index (κ3) is 5.12. The van der Waals surface area contributed by atoms with Crippen molar-refractivity contribution in [2.75, 3.05) is 40.5 Å². The lowest BCUT2D eigenvalue weighted by atomic mass is 10.1. The number of nitrogens with one attached hydrogen (secondary N) is 2.